The number of anilines is 1. The molecular weight excluding hydrogens is 342 g/mol. The van der Waals surface area contributed by atoms with Crippen LogP contribution in [0.2, 0.25) is 0 Å². The van der Waals surface area contributed by atoms with Gasteiger partial charge in [0, 0.05) is 30.9 Å². The fourth-order valence-electron chi connectivity index (χ4n) is 3.95. The van der Waals surface area contributed by atoms with Gasteiger partial charge in [0.25, 0.3) is 0 Å². The molecule has 138 valence electrons. The van der Waals surface area contributed by atoms with Gasteiger partial charge in [-0.05, 0) is 44.2 Å². The van der Waals surface area contributed by atoms with E-state index in [1.807, 2.05) is 4.90 Å². The van der Waals surface area contributed by atoms with Crippen molar-refractivity contribution in [1.29, 1.82) is 0 Å². The Bertz CT molecular complexity index is 741. The van der Waals surface area contributed by atoms with E-state index in [1.54, 1.807) is 18.3 Å². The third-order valence-corrected chi connectivity index (χ3v) is 6.31. The van der Waals surface area contributed by atoms with Crippen molar-refractivity contribution in [1.82, 2.24) is 9.88 Å². The van der Waals surface area contributed by atoms with Crippen molar-refractivity contribution in [2.75, 3.05) is 11.4 Å². The fraction of sp³-hybridized carbons (Fsp3) is 0.524. The maximum Gasteiger partial charge on any atom is 0.225 e. The SMILES string of the molecule is CC(=O)N(c1nc(CN2CCCCC2Cc2ccccc2)cs1)C1CC1. The zero-order valence-electron chi connectivity index (χ0n) is 15.4. The molecular formula is C21H27N3OS. The van der Waals surface area contributed by atoms with Crippen LogP contribution in [-0.4, -0.2) is 34.4 Å². The van der Waals surface area contributed by atoms with Crippen LogP contribution in [0.15, 0.2) is 35.7 Å². The predicted molar refractivity (Wildman–Crippen MR) is 106 cm³/mol. The van der Waals surface area contributed by atoms with Gasteiger partial charge in [0.2, 0.25) is 5.91 Å². The molecule has 4 nitrogen and oxygen atoms in total. The number of benzene rings is 1. The quantitative estimate of drug-likeness (QED) is 0.763. The molecule has 0 N–H and O–H groups in total. The molecule has 2 aliphatic rings. The summed E-state index contributed by atoms with van der Waals surface area (Å²) < 4.78 is 0. The summed E-state index contributed by atoms with van der Waals surface area (Å²) in [5.41, 5.74) is 2.52. The molecule has 1 aromatic carbocycles. The molecule has 2 fully saturated rings. The lowest BCUT2D eigenvalue weighted by Gasteiger charge is -2.35. The van der Waals surface area contributed by atoms with Crippen LogP contribution in [0.5, 0.6) is 0 Å². The van der Waals surface area contributed by atoms with Gasteiger partial charge in [0.1, 0.15) is 0 Å². The van der Waals surface area contributed by atoms with Crippen molar-refractivity contribution in [3.63, 3.8) is 0 Å². The number of aromatic nitrogens is 1. The summed E-state index contributed by atoms with van der Waals surface area (Å²) in [4.78, 5) is 21.3. The summed E-state index contributed by atoms with van der Waals surface area (Å²) in [6.45, 7) is 3.69. The zero-order valence-corrected chi connectivity index (χ0v) is 16.3. The lowest BCUT2D eigenvalue weighted by atomic mass is 9.95. The Morgan fingerprint density at radius 3 is 2.77 bits per heavy atom. The second-order valence-corrected chi connectivity index (χ2v) is 8.39. The fourth-order valence-corrected chi connectivity index (χ4v) is 4.88. The minimum atomic E-state index is 0.119. The largest absolute Gasteiger partial charge is 0.294 e. The molecule has 2 heterocycles. The van der Waals surface area contributed by atoms with Crippen LogP contribution in [-0.2, 0) is 17.8 Å². The first-order valence-electron chi connectivity index (χ1n) is 9.73. The van der Waals surface area contributed by atoms with Crippen LogP contribution >= 0.6 is 11.3 Å². The van der Waals surface area contributed by atoms with Gasteiger partial charge < -0.3 is 0 Å². The van der Waals surface area contributed by atoms with Gasteiger partial charge >= 0.3 is 0 Å². The van der Waals surface area contributed by atoms with E-state index in [1.165, 1.54) is 24.8 Å². The highest BCUT2D eigenvalue weighted by Gasteiger charge is 2.34. The molecule has 1 atom stereocenters. The third-order valence-electron chi connectivity index (χ3n) is 5.43. The van der Waals surface area contributed by atoms with Crippen molar-refractivity contribution in [3.05, 3.63) is 47.0 Å². The van der Waals surface area contributed by atoms with Crippen LogP contribution in [0, 0.1) is 0 Å². The van der Waals surface area contributed by atoms with Crippen molar-refractivity contribution >= 4 is 22.4 Å². The maximum absolute atomic E-state index is 12.0. The molecule has 1 aromatic heterocycles. The van der Waals surface area contributed by atoms with Crippen molar-refractivity contribution < 1.29 is 4.79 Å². The first kappa shape index (κ1) is 17.7. The first-order chi connectivity index (χ1) is 12.7. The molecule has 1 aliphatic heterocycles. The first-order valence-corrected chi connectivity index (χ1v) is 10.6. The molecule has 2 aromatic rings. The smallest absolute Gasteiger partial charge is 0.225 e. The molecule has 0 spiro atoms. The normalized spacial score (nSPS) is 20.9. The second-order valence-electron chi connectivity index (χ2n) is 7.55. The van der Waals surface area contributed by atoms with E-state index in [4.69, 9.17) is 4.98 Å². The molecule has 1 aliphatic carbocycles. The van der Waals surface area contributed by atoms with Gasteiger partial charge in [0.05, 0.1) is 5.69 Å². The molecule has 1 unspecified atom stereocenters. The van der Waals surface area contributed by atoms with Gasteiger partial charge in [-0.1, -0.05) is 36.8 Å². The van der Waals surface area contributed by atoms with E-state index < -0.39 is 0 Å². The second kappa shape index (κ2) is 7.89. The van der Waals surface area contributed by atoms with Gasteiger partial charge in [0.15, 0.2) is 5.13 Å². The maximum atomic E-state index is 12.0. The van der Waals surface area contributed by atoms with Gasteiger partial charge in [-0.3, -0.25) is 14.6 Å². The van der Waals surface area contributed by atoms with Crippen LogP contribution in [0.3, 0.4) is 0 Å². The van der Waals surface area contributed by atoms with Crippen LogP contribution < -0.4 is 4.90 Å². The summed E-state index contributed by atoms with van der Waals surface area (Å²) in [7, 11) is 0. The number of hydrogen-bond donors (Lipinski definition) is 0. The number of likely N-dealkylation sites (tertiary alicyclic amines) is 1. The highest BCUT2D eigenvalue weighted by atomic mass is 32.1. The van der Waals surface area contributed by atoms with Crippen LogP contribution in [0.1, 0.15) is 50.3 Å². The Labute approximate surface area is 159 Å². The Morgan fingerprint density at radius 1 is 1.23 bits per heavy atom. The zero-order chi connectivity index (χ0) is 17.9. The number of nitrogens with zero attached hydrogens (tertiary/aromatic N) is 3. The highest BCUT2D eigenvalue weighted by Crippen LogP contribution is 2.34. The molecule has 1 saturated heterocycles. The van der Waals surface area contributed by atoms with E-state index in [9.17, 15) is 4.79 Å². The lowest BCUT2D eigenvalue weighted by molar-refractivity contribution is -0.116. The van der Waals surface area contributed by atoms with E-state index in [0.717, 1.165) is 43.2 Å². The predicted octanol–water partition coefficient (Wildman–Crippen LogP) is 4.26. The number of rotatable bonds is 6. The monoisotopic (exact) mass is 369 g/mol. The van der Waals surface area contributed by atoms with Crippen molar-refractivity contribution in [2.24, 2.45) is 0 Å². The Kier molecular flexibility index (Phi) is 5.36. The lowest BCUT2D eigenvalue weighted by Crippen LogP contribution is -2.40. The Balaban J connectivity index is 1.44. The number of carbonyl (C=O) groups excluding carboxylic acids is 1. The average Bonchev–Trinajstić information content (AvgIpc) is 3.36. The summed E-state index contributed by atoms with van der Waals surface area (Å²) in [6, 6.07) is 11.8. The van der Waals surface area contributed by atoms with Crippen LogP contribution in [0.25, 0.3) is 0 Å². The Hall–Kier alpha value is -1.72. The van der Waals surface area contributed by atoms with Crippen LogP contribution in [0.4, 0.5) is 5.13 Å². The summed E-state index contributed by atoms with van der Waals surface area (Å²) >= 11 is 1.62. The highest BCUT2D eigenvalue weighted by molar-refractivity contribution is 7.14. The number of piperidine rings is 1. The molecule has 1 amide bonds. The van der Waals surface area contributed by atoms with Gasteiger partial charge in [-0.2, -0.15) is 0 Å². The molecule has 0 radical (unpaired) electrons. The molecule has 5 heteroatoms. The molecule has 4 rings (SSSR count). The summed E-state index contributed by atoms with van der Waals surface area (Å²) in [6.07, 6.45) is 7.17. The minimum Gasteiger partial charge on any atom is -0.294 e. The topological polar surface area (TPSA) is 36.4 Å². The van der Waals surface area contributed by atoms with Crippen molar-refractivity contribution in [2.45, 2.75) is 64.1 Å². The van der Waals surface area contributed by atoms with Gasteiger partial charge in [-0.15, -0.1) is 11.3 Å². The molecule has 1 saturated carbocycles. The van der Waals surface area contributed by atoms with E-state index in [-0.39, 0.29) is 5.91 Å². The third kappa shape index (κ3) is 4.15. The molecule has 26 heavy (non-hydrogen) atoms. The number of hydrogen-bond acceptors (Lipinski definition) is 4. The van der Waals surface area contributed by atoms with Gasteiger partial charge in [-0.25, -0.2) is 4.98 Å². The van der Waals surface area contributed by atoms with E-state index >= 15 is 0 Å². The van der Waals surface area contributed by atoms with E-state index in [0.29, 0.717) is 12.1 Å². The Morgan fingerprint density at radius 2 is 2.04 bits per heavy atom. The standard InChI is InChI=1S/C21H27N3OS/c1-16(25)24(19-10-11-19)21-22-18(15-26-21)14-23-12-6-5-9-20(23)13-17-7-3-2-4-8-17/h2-4,7-8,15,19-20H,5-6,9-14H2,1H3. The minimum absolute atomic E-state index is 0.119. The number of carbonyl (C=O) groups is 1. The molecule has 0 bridgehead atoms. The summed E-state index contributed by atoms with van der Waals surface area (Å²) in [5.74, 6) is 0.119. The number of amides is 1. The number of thiazole rings is 1. The summed E-state index contributed by atoms with van der Waals surface area (Å²) in [5, 5.41) is 3.02. The average molecular weight is 370 g/mol. The van der Waals surface area contributed by atoms with E-state index in [2.05, 4.69) is 40.6 Å². The van der Waals surface area contributed by atoms with Crippen molar-refractivity contribution in [3.8, 4) is 0 Å².